The maximum Gasteiger partial charge on any atom is 0.251 e. The number of carbonyl (C=O) groups excluding carboxylic acids is 3. The van der Waals surface area contributed by atoms with Crippen LogP contribution in [0.15, 0.2) is 59.3 Å². The number of nitrogens with one attached hydrogen (secondary N) is 3. The van der Waals surface area contributed by atoms with Gasteiger partial charge in [0.25, 0.3) is 5.91 Å². The lowest BCUT2D eigenvalue weighted by molar-refractivity contribution is -0.134. The van der Waals surface area contributed by atoms with Gasteiger partial charge in [0.2, 0.25) is 17.7 Å². The Morgan fingerprint density at radius 2 is 2.00 bits per heavy atom. The van der Waals surface area contributed by atoms with Crippen molar-refractivity contribution in [2.45, 2.75) is 76.9 Å². The van der Waals surface area contributed by atoms with Gasteiger partial charge >= 0.3 is 0 Å². The fourth-order valence-electron chi connectivity index (χ4n) is 6.34. The van der Waals surface area contributed by atoms with E-state index in [0.717, 1.165) is 17.5 Å². The molecule has 2 aromatic carbocycles. The highest BCUT2D eigenvalue weighted by Crippen LogP contribution is 2.44. The number of hydrogen-bond donors (Lipinski definition) is 3. The van der Waals surface area contributed by atoms with E-state index < -0.39 is 5.41 Å². The predicted molar refractivity (Wildman–Crippen MR) is 155 cm³/mol. The first-order valence-corrected chi connectivity index (χ1v) is 14.4. The van der Waals surface area contributed by atoms with Gasteiger partial charge in [-0.25, -0.2) is 14.8 Å². The molecular weight excluding hydrogens is 537 g/mol. The average molecular weight is 576 g/mol. The fraction of sp³-hybridized carbons (Fsp3) is 0.438. The molecule has 2 aliphatic heterocycles. The topological polar surface area (TPSA) is 117 Å². The van der Waals surface area contributed by atoms with Crippen LogP contribution in [0.2, 0.25) is 0 Å². The minimum Gasteiger partial charge on any atom is -0.448 e. The fourth-order valence-corrected chi connectivity index (χ4v) is 6.34. The van der Waals surface area contributed by atoms with Crippen molar-refractivity contribution in [3.05, 3.63) is 88.9 Å². The summed E-state index contributed by atoms with van der Waals surface area (Å²) >= 11 is 0. The Bertz CT molecular complexity index is 1460. The van der Waals surface area contributed by atoms with Crippen molar-refractivity contribution >= 4 is 17.7 Å². The summed E-state index contributed by atoms with van der Waals surface area (Å²) in [4.78, 5) is 45.3. The third-order valence-corrected chi connectivity index (χ3v) is 8.65. The van der Waals surface area contributed by atoms with Crippen molar-refractivity contribution in [3.8, 4) is 0 Å². The zero-order valence-corrected chi connectivity index (χ0v) is 24.4. The third-order valence-electron chi connectivity index (χ3n) is 8.65. The lowest BCUT2D eigenvalue weighted by Crippen LogP contribution is -2.52. The molecule has 0 spiro atoms. The number of carbonyl (C=O) groups is 3. The molecule has 9 nitrogen and oxygen atoms in total. The quantitative estimate of drug-likeness (QED) is 0.372. The van der Waals surface area contributed by atoms with Gasteiger partial charge in [-0.15, -0.1) is 0 Å². The van der Waals surface area contributed by atoms with Crippen LogP contribution in [0.4, 0.5) is 4.39 Å². The van der Waals surface area contributed by atoms with Crippen LogP contribution >= 0.6 is 0 Å². The standard InChI is InChI=1S/C32H38FN5O4/c1-19-14-23(9-8-21(19)16-24-15-20(2)36-37-30(24)41)29(40)35-18-28(39)38-26(22-6-5-7-25(33)17-22)10-11-27(38)32(3,4)31-34-12-13-42-31/h5-9,12-14,17,20,24,26-27,36H,10-11,15-16,18H2,1-4H3,(H,35,40)(H,37,41)/t20?,24?,26-,27+/m0/s1. The number of oxazole rings is 1. The Balaban J connectivity index is 1.30. The maximum absolute atomic E-state index is 14.2. The Kier molecular flexibility index (Phi) is 8.45. The van der Waals surface area contributed by atoms with Crippen molar-refractivity contribution in [1.82, 2.24) is 26.1 Å². The van der Waals surface area contributed by atoms with E-state index >= 15 is 0 Å². The molecule has 10 heteroatoms. The minimum absolute atomic E-state index is 0.0319. The van der Waals surface area contributed by atoms with E-state index in [9.17, 15) is 18.8 Å². The molecule has 0 radical (unpaired) electrons. The number of nitrogens with zero attached hydrogens (tertiary/aromatic N) is 2. The first kappa shape index (κ1) is 29.4. The molecule has 3 heterocycles. The van der Waals surface area contributed by atoms with E-state index in [1.165, 1.54) is 18.4 Å². The molecule has 3 amide bonds. The van der Waals surface area contributed by atoms with Crippen LogP contribution in [-0.2, 0) is 21.4 Å². The molecule has 2 fully saturated rings. The van der Waals surface area contributed by atoms with Crippen LogP contribution in [0.5, 0.6) is 0 Å². The van der Waals surface area contributed by atoms with Gasteiger partial charge in [0.15, 0.2) is 0 Å². The van der Waals surface area contributed by atoms with Gasteiger partial charge in [-0.3, -0.25) is 19.8 Å². The molecule has 222 valence electrons. The van der Waals surface area contributed by atoms with E-state index in [1.807, 2.05) is 39.8 Å². The summed E-state index contributed by atoms with van der Waals surface area (Å²) < 4.78 is 19.8. The molecule has 2 saturated heterocycles. The largest absolute Gasteiger partial charge is 0.448 e. The number of benzene rings is 2. The Morgan fingerprint density at radius 1 is 1.19 bits per heavy atom. The number of likely N-dealkylation sites (tertiary alicyclic amines) is 1. The van der Waals surface area contributed by atoms with Gasteiger partial charge in [-0.05, 0) is 94.3 Å². The SMILES string of the molecule is Cc1cc(C(=O)NCC(=O)N2[C@H](c3cccc(F)c3)CC[C@@H]2C(C)(C)c2ncco2)ccc1CC1CC(C)NNC1=O. The number of hydrazine groups is 1. The lowest BCUT2D eigenvalue weighted by atomic mass is 9.82. The smallest absolute Gasteiger partial charge is 0.251 e. The summed E-state index contributed by atoms with van der Waals surface area (Å²) in [5.74, 6) is -0.651. The van der Waals surface area contributed by atoms with Crippen molar-refractivity contribution in [2.24, 2.45) is 5.92 Å². The van der Waals surface area contributed by atoms with Crippen LogP contribution < -0.4 is 16.2 Å². The first-order chi connectivity index (χ1) is 20.0. The van der Waals surface area contributed by atoms with Gasteiger partial charge < -0.3 is 14.6 Å². The van der Waals surface area contributed by atoms with Crippen LogP contribution in [0.1, 0.15) is 79.0 Å². The zero-order valence-electron chi connectivity index (χ0n) is 24.4. The van der Waals surface area contributed by atoms with E-state index in [2.05, 4.69) is 21.2 Å². The highest BCUT2D eigenvalue weighted by Gasteiger charge is 2.47. The van der Waals surface area contributed by atoms with Gasteiger partial charge in [-0.2, -0.15) is 0 Å². The number of hydrogen-bond acceptors (Lipinski definition) is 6. The summed E-state index contributed by atoms with van der Waals surface area (Å²) in [5, 5.41) is 2.79. The Morgan fingerprint density at radius 3 is 2.71 bits per heavy atom. The molecule has 5 rings (SSSR count). The van der Waals surface area contributed by atoms with Crippen LogP contribution in [0, 0.1) is 18.7 Å². The van der Waals surface area contributed by atoms with Crippen LogP contribution in [-0.4, -0.2) is 46.2 Å². The van der Waals surface area contributed by atoms with Crippen LogP contribution in [0.25, 0.3) is 0 Å². The molecule has 0 aliphatic carbocycles. The number of aryl methyl sites for hydroxylation is 1. The highest BCUT2D eigenvalue weighted by molar-refractivity contribution is 5.96. The van der Waals surface area contributed by atoms with Gasteiger partial charge in [-0.1, -0.05) is 18.2 Å². The second-order valence-corrected chi connectivity index (χ2v) is 12.0. The van der Waals surface area contributed by atoms with Crippen molar-refractivity contribution in [2.75, 3.05) is 6.54 Å². The van der Waals surface area contributed by atoms with Gasteiger partial charge in [0.1, 0.15) is 12.1 Å². The molecule has 0 saturated carbocycles. The molecule has 42 heavy (non-hydrogen) atoms. The van der Waals surface area contributed by atoms with Crippen molar-refractivity contribution < 1.29 is 23.2 Å². The lowest BCUT2D eigenvalue weighted by Gasteiger charge is -2.38. The number of aromatic nitrogens is 1. The molecule has 3 aromatic rings. The second-order valence-electron chi connectivity index (χ2n) is 12.0. The zero-order chi connectivity index (χ0) is 30.0. The van der Waals surface area contributed by atoms with Crippen molar-refractivity contribution in [3.63, 3.8) is 0 Å². The van der Waals surface area contributed by atoms with E-state index in [0.29, 0.717) is 36.3 Å². The Labute approximate surface area is 245 Å². The normalized spacial score (nSPS) is 22.6. The van der Waals surface area contributed by atoms with E-state index in [4.69, 9.17) is 4.42 Å². The molecule has 1 aromatic heterocycles. The molecule has 3 N–H and O–H groups in total. The van der Waals surface area contributed by atoms with Crippen LogP contribution in [0.3, 0.4) is 0 Å². The van der Waals surface area contributed by atoms with E-state index in [-0.39, 0.29) is 54.1 Å². The van der Waals surface area contributed by atoms with Crippen molar-refractivity contribution in [1.29, 1.82) is 0 Å². The Hall–Kier alpha value is -4.05. The molecule has 2 aliphatic rings. The minimum atomic E-state index is -0.610. The number of amides is 3. The van der Waals surface area contributed by atoms with Gasteiger partial charge in [0.05, 0.1) is 24.2 Å². The number of rotatable bonds is 8. The molecule has 2 unspecified atom stereocenters. The molecule has 0 bridgehead atoms. The maximum atomic E-state index is 14.2. The van der Waals surface area contributed by atoms with E-state index in [1.54, 1.807) is 29.3 Å². The average Bonchev–Trinajstić information content (AvgIpc) is 3.66. The first-order valence-electron chi connectivity index (χ1n) is 14.4. The summed E-state index contributed by atoms with van der Waals surface area (Å²) in [6.07, 6.45) is 5.73. The summed E-state index contributed by atoms with van der Waals surface area (Å²) in [7, 11) is 0. The summed E-state index contributed by atoms with van der Waals surface area (Å²) in [6.45, 7) is 7.69. The summed E-state index contributed by atoms with van der Waals surface area (Å²) in [5.41, 5.74) is 8.13. The highest BCUT2D eigenvalue weighted by atomic mass is 19.1. The summed E-state index contributed by atoms with van der Waals surface area (Å²) in [6, 6.07) is 11.3. The molecule has 4 atom stereocenters. The molecular formula is C32H38FN5O4. The van der Waals surface area contributed by atoms with Gasteiger partial charge in [0, 0.05) is 23.6 Å². The second kappa shape index (κ2) is 12.1. The third kappa shape index (κ3) is 6.09. The number of halogens is 1. The monoisotopic (exact) mass is 575 g/mol. The predicted octanol–water partition coefficient (Wildman–Crippen LogP) is 4.13.